The van der Waals surface area contributed by atoms with Crippen LogP contribution in [0, 0.1) is 0 Å². The summed E-state index contributed by atoms with van der Waals surface area (Å²) >= 11 is 1.69. The van der Waals surface area contributed by atoms with Crippen molar-refractivity contribution in [3.8, 4) is 10.7 Å². The fraction of sp³-hybridized carbons (Fsp3) is 0.211. The molecule has 0 fully saturated rings. The number of nitrogens with one attached hydrogen (secondary N) is 1. The van der Waals surface area contributed by atoms with Crippen LogP contribution in [0.1, 0.15) is 25.5 Å². The van der Waals surface area contributed by atoms with E-state index < -0.39 is 0 Å². The molecule has 0 aliphatic heterocycles. The van der Waals surface area contributed by atoms with Crippen LogP contribution >= 0.6 is 11.3 Å². The zero-order valence-electron chi connectivity index (χ0n) is 14.2. The van der Waals surface area contributed by atoms with Crippen molar-refractivity contribution in [3.05, 3.63) is 59.7 Å². The van der Waals surface area contributed by atoms with Crippen molar-refractivity contribution < 1.29 is 0 Å². The zero-order valence-corrected chi connectivity index (χ0v) is 15.0. The number of imidazole rings is 1. The summed E-state index contributed by atoms with van der Waals surface area (Å²) in [5.41, 5.74) is 2.88. The van der Waals surface area contributed by atoms with Gasteiger partial charge in [-0.3, -0.25) is 0 Å². The Labute approximate surface area is 150 Å². The van der Waals surface area contributed by atoms with E-state index in [4.69, 9.17) is 4.98 Å². The Bertz CT molecular complexity index is 974. The summed E-state index contributed by atoms with van der Waals surface area (Å²) in [5.74, 6) is 1.72. The number of hydrogen-bond acceptors (Lipinski definition) is 5. The van der Waals surface area contributed by atoms with Gasteiger partial charge in [-0.25, -0.2) is 15.0 Å². The van der Waals surface area contributed by atoms with Gasteiger partial charge < -0.3 is 9.88 Å². The third kappa shape index (κ3) is 3.00. The first kappa shape index (κ1) is 15.8. The van der Waals surface area contributed by atoms with E-state index in [0.29, 0.717) is 6.54 Å². The number of hydrogen-bond donors (Lipinski definition) is 1. The van der Waals surface area contributed by atoms with E-state index in [1.807, 2.05) is 24.3 Å². The molecular formula is C19H19N5S. The molecule has 4 rings (SSSR count). The molecule has 6 heteroatoms. The second kappa shape index (κ2) is 6.64. The molecule has 0 radical (unpaired) electrons. The van der Waals surface area contributed by atoms with Gasteiger partial charge in [0.2, 0.25) is 0 Å². The molecule has 3 aromatic heterocycles. The minimum atomic E-state index is 0.263. The van der Waals surface area contributed by atoms with E-state index in [2.05, 4.69) is 57.3 Å². The summed E-state index contributed by atoms with van der Waals surface area (Å²) in [6, 6.07) is 14.7. The van der Waals surface area contributed by atoms with Crippen LogP contribution in [-0.2, 0) is 6.54 Å². The molecule has 0 amide bonds. The van der Waals surface area contributed by atoms with Gasteiger partial charge in [0, 0.05) is 12.6 Å². The molecule has 1 aromatic carbocycles. The van der Waals surface area contributed by atoms with E-state index in [0.717, 1.165) is 27.7 Å². The molecule has 0 aliphatic rings. The van der Waals surface area contributed by atoms with Gasteiger partial charge in [-0.05, 0) is 30.9 Å². The quantitative estimate of drug-likeness (QED) is 0.565. The Balaban J connectivity index is 1.77. The van der Waals surface area contributed by atoms with Crippen LogP contribution in [0.15, 0.2) is 54.2 Å². The summed E-state index contributed by atoms with van der Waals surface area (Å²) in [5, 5.41) is 5.47. The molecule has 25 heavy (non-hydrogen) atoms. The Hall–Kier alpha value is -2.73. The summed E-state index contributed by atoms with van der Waals surface area (Å²) in [7, 11) is 0. The van der Waals surface area contributed by atoms with E-state index in [1.54, 1.807) is 17.7 Å². The van der Waals surface area contributed by atoms with Gasteiger partial charge in [0.1, 0.15) is 6.33 Å². The lowest BCUT2D eigenvalue weighted by molar-refractivity contribution is 0.620. The highest BCUT2D eigenvalue weighted by molar-refractivity contribution is 7.13. The zero-order chi connectivity index (χ0) is 17.2. The molecule has 0 atom stereocenters. The summed E-state index contributed by atoms with van der Waals surface area (Å²) in [4.78, 5) is 14.9. The highest BCUT2D eigenvalue weighted by Crippen LogP contribution is 2.32. The lowest BCUT2D eigenvalue weighted by Crippen LogP contribution is -2.05. The van der Waals surface area contributed by atoms with Gasteiger partial charge in [-0.1, -0.05) is 36.4 Å². The SMILES string of the molecule is CC(C)n1c(-c2cccs2)nc2c(NCc3ccccc3)ncnc21. The van der Waals surface area contributed by atoms with Crippen LogP contribution in [0.3, 0.4) is 0 Å². The highest BCUT2D eigenvalue weighted by Gasteiger charge is 2.19. The summed E-state index contributed by atoms with van der Waals surface area (Å²) < 4.78 is 2.18. The van der Waals surface area contributed by atoms with Crippen molar-refractivity contribution in [2.75, 3.05) is 5.32 Å². The smallest absolute Gasteiger partial charge is 0.166 e. The molecular weight excluding hydrogens is 330 g/mol. The van der Waals surface area contributed by atoms with E-state index in [1.165, 1.54) is 5.56 Å². The minimum Gasteiger partial charge on any atom is -0.364 e. The van der Waals surface area contributed by atoms with Crippen molar-refractivity contribution in [1.82, 2.24) is 19.5 Å². The molecule has 0 spiro atoms. The molecule has 0 unspecified atom stereocenters. The molecule has 5 nitrogen and oxygen atoms in total. The fourth-order valence-corrected chi connectivity index (χ4v) is 3.60. The molecule has 4 aromatic rings. The van der Waals surface area contributed by atoms with Gasteiger partial charge >= 0.3 is 0 Å². The first-order valence-electron chi connectivity index (χ1n) is 8.28. The minimum absolute atomic E-state index is 0.263. The Morgan fingerprint density at radius 2 is 1.92 bits per heavy atom. The first-order valence-corrected chi connectivity index (χ1v) is 9.16. The van der Waals surface area contributed by atoms with Crippen LogP contribution in [0.2, 0.25) is 0 Å². The first-order chi connectivity index (χ1) is 12.2. The topological polar surface area (TPSA) is 55.6 Å². The van der Waals surface area contributed by atoms with Crippen LogP contribution in [-0.4, -0.2) is 19.5 Å². The highest BCUT2D eigenvalue weighted by atomic mass is 32.1. The van der Waals surface area contributed by atoms with E-state index >= 15 is 0 Å². The molecule has 0 saturated carbocycles. The van der Waals surface area contributed by atoms with Crippen LogP contribution in [0.5, 0.6) is 0 Å². The predicted octanol–water partition coefficient (Wildman–Crippen LogP) is 4.75. The third-order valence-corrected chi connectivity index (χ3v) is 4.90. The molecule has 0 bridgehead atoms. The molecule has 126 valence electrons. The third-order valence-electron chi connectivity index (χ3n) is 4.04. The average molecular weight is 349 g/mol. The molecule has 1 N–H and O–H groups in total. The fourth-order valence-electron chi connectivity index (χ4n) is 2.89. The van der Waals surface area contributed by atoms with Crippen LogP contribution in [0.4, 0.5) is 5.82 Å². The number of fused-ring (bicyclic) bond motifs is 1. The van der Waals surface area contributed by atoms with Crippen molar-refractivity contribution in [2.24, 2.45) is 0 Å². The monoisotopic (exact) mass is 349 g/mol. The van der Waals surface area contributed by atoms with Gasteiger partial charge in [-0.15, -0.1) is 11.3 Å². The standard InChI is InChI=1S/C19H19N5S/c1-13(2)24-18(15-9-6-10-25-15)23-16-17(21-12-22-19(16)24)20-11-14-7-4-3-5-8-14/h3-10,12-13H,11H2,1-2H3,(H,20,21,22). The van der Waals surface area contributed by atoms with Crippen LogP contribution in [0.25, 0.3) is 21.9 Å². The number of aromatic nitrogens is 4. The predicted molar refractivity (Wildman–Crippen MR) is 103 cm³/mol. The Morgan fingerprint density at radius 3 is 2.64 bits per heavy atom. The van der Waals surface area contributed by atoms with Crippen molar-refractivity contribution in [2.45, 2.75) is 26.4 Å². The number of benzene rings is 1. The Morgan fingerprint density at radius 1 is 1.08 bits per heavy atom. The summed E-state index contributed by atoms with van der Waals surface area (Å²) in [6.07, 6.45) is 1.61. The number of rotatable bonds is 5. The van der Waals surface area contributed by atoms with Crippen LogP contribution < -0.4 is 5.32 Å². The maximum Gasteiger partial charge on any atom is 0.166 e. The summed E-state index contributed by atoms with van der Waals surface area (Å²) in [6.45, 7) is 5.00. The lowest BCUT2D eigenvalue weighted by atomic mass is 10.2. The number of anilines is 1. The second-order valence-electron chi connectivity index (χ2n) is 6.11. The van der Waals surface area contributed by atoms with Gasteiger partial charge in [0.25, 0.3) is 0 Å². The Kier molecular flexibility index (Phi) is 4.19. The molecule has 3 heterocycles. The largest absolute Gasteiger partial charge is 0.364 e. The van der Waals surface area contributed by atoms with Crippen molar-refractivity contribution in [1.29, 1.82) is 0 Å². The second-order valence-corrected chi connectivity index (χ2v) is 7.06. The normalized spacial score (nSPS) is 11.3. The lowest BCUT2D eigenvalue weighted by Gasteiger charge is -2.11. The van der Waals surface area contributed by atoms with E-state index in [9.17, 15) is 0 Å². The molecule has 0 saturated heterocycles. The van der Waals surface area contributed by atoms with Crippen molar-refractivity contribution >= 4 is 28.3 Å². The maximum atomic E-state index is 4.87. The number of thiophene rings is 1. The van der Waals surface area contributed by atoms with E-state index in [-0.39, 0.29) is 6.04 Å². The maximum absolute atomic E-state index is 4.87. The molecule has 0 aliphatic carbocycles. The van der Waals surface area contributed by atoms with Gasteiger partial charge in [0.15, 0.2) is 22.8 Å². The van der Waals surface area contributed by atoms with Gasteiger partial charge in [-0.2, -0.15) is 0 Å². The van der Waals surface area contributed by atoms with Crippen molar-refractivity contribution in [3.63, 3.8) is 0 Å². The average Bonchev–Trinajstić information content (AvgIpc) is 3.28. The van der Waals surface area contributed by atoms with Gasteiger partial charge in [0.05, 0.1) is 4.88 Å². The number of nitrogens with zero attached hydrogens (tertiary/aromatic N) is 4.